The summed E-state index contributed by atoms with van der Waals surface area (Å²) in [6.07, 6.45) is 1.41. The number of esters is 1. The maximum absolute atomic E-state index is 11.7. The molecule has 0 amide bonds. The van der Waals surface area contributed by atoms with Crippen LogP contribution in [0.5, 0.6) is 0 Å². The lowest BCUT2D eigenvalue weighted by atomic mass is 9.60. The number of carbonyl (C=O) groups is 1. The molecule has 3 fully saturated rings. The molecule has 1 unspecified atom stereocenters. The van der Waals surface area contributed by atoms with E-state index < -0.39 is 5.41 Å². The Bertz CT molecular complexity index is 258. The molecule has 2 aliphatic heterocycles. The van der Waals surface area contributed by atoms with Crippen molar-refractivity contribution in [2.75, 3.05) is 13.2 Å². The quantitative estimate of drug-likeness (QED) is 0.670. The lowest BCUT2D eigenvalue weighted by Crippen LogP contribution is -2.53. The standard InChI is InChI=1S/C10H17NO3/c1-3-13-8(12)10-4-9(5-10,6-11)14-7(10)2/h7H,3-6,11H2,1-2H3. The third kappa shape index (κ3) is 1.04. The van der Waals surface area contributed by atoms with Crippen LogP contribution in [0.4, 0.5) is 0 Å². The molecule has 0 aromatic rings. The molecule has 4 heteroatoms. The molecule has 0 spiro atoms. The Labute approximate surface area is 83.7 Å². The molecular formula is C10H17NO3. The van der Waals surface area contributed by atoms with Gasteiger partial charge in [0, 0.05) is 6.54 Å². The molecule has 2 N–H and O–H groups in total. The Hall–Kier alpha value is -0.610. The van der Waals surface area contributed by atoms with Gasteiger partial charge in [-0.2, -0.15) is 0 Å². The number of hydrogen-bond donors (Lipinski definition) is 1. The highest BCUT2D eigenvalue weighted by atomic mass is 16.6. The molecule has 14 heavy (non-hydrogen) atoms. The number of carbonyl (C=O) groups excluding carboxylic acids is 1. The number of fused-ring (bicyclic) bond motifs is 1. The van der Waals surface area contributed by atoms with E-state index in [9.17, 15) is 4.79 Å². The van der Waals surface area contributed by atoms with E-state index in [1.807, 2.05) is 13.8 Å². The number of nitrogens with two attached hydrogens (primary N) is 1. The van der Waals surface area contributed by atoms with E-state index in [1.165, 1.54) is 0 Å². The van der Waals surface area contributed by atoms with Crippen LogP contribution in [-0.2, 0) is 14.3 Å². The molecule has 2 heterocycles. The average Bonchev–Trinajstić information content (AvgIpc) is 2.53. The van der Waals surface area contributed by atoms with Gasteiger partial charge in [0.05, 0.1) is 23.7 Å². The van der Waals surface area contributed by atoms with Crippen molar-refractivity contribution in [1.29, 1.82) is 0 Å². The number of ether oxygens (including phenoxy) is 2. The number of hydrogen-bond acceptors (Lipinski definition) is 4. The van der Waals surface area contributed by atoms with E-state index in [4.69, 9.17) is 15.2 Å². The summed E-state index contributed by atoms with van der Waals surface area (Å²) in [4.78, 5) is 11.7. The van der Waals surface area contributed by atoms with Crippen molar-refractivity contribution in [1.82, 2.24) is 0 Å². The summed E-state index contributed by atoms with van der Waals surface area (Å²) < 4.78 is 10.8. The minimum absolute atomic E-state index is 0.0508. The second-order valence-electron chi connectivity index (χ2n) is 4.38. The smallest absolute Gasteiger partial charge is 0.314 e. The zero-order chi connectivity index (χ0) is 10.4. The summed E-state index contributed by atoms with van der Waals surface area (Å²) >= 11 is 0. The van der Waals surface area contributed by atoms with Crippen LogP contribution in [-0.4, -0.2) is 30.8 Å². The van der Waals surface area contributed by atoms with Crippen molar-refractivity contribution in [3.8, 4) is 0 Å². The second-order valence-corrected chi connectivity index (χ2v) is 4.38. The summed E-state index contributed by atoms with van der Waals surface area (Å²) in [5.41, 5.74) is 5.00. The molecule has 0 radical (unpaired) electrons. The van der Waals surface area contributed by atoms with Crippen LogP contribution in [0.1, 0.15) is 26.7 Å². The Balaban J connectivity index is 2.11. The topological polar surface area (TPSA) is 61.5 Å². The van der Waals surface area contributed by atoms with Crippen molar-refractivity contribution in [2.24, 2.45) is 11.1 Å². The summed E-state index contributed by atoms with van der Waals surface area (Å²) in [7, 11) is 0. The first-order valence-corrected chi connectivity index (χ1v) is 5.14. The molecule has 4 nitrogen and oxygen atoms in total. The first kappa shape index (κ1) is 9.93. The highest BCUT2D eigenvalue weighted by Gasteiger charge is 2.70. The van der Waals surface area contributed by atoms with Crippen LogP contribution in [0.15, 0.2) is 0 Å². The van der Waals surface area contributed by atoms with Crippen LogP contribution in [0.2, 0.25) is 0 Å². The first-order valence-electron chi connectivity index (χ1n) is 5.14. The van der Waals surface area contributed by atoms with E-state index in [0.29, 0.717) is 13.2 Å². The Morgan fingerprint density at radius 1 is 1.64 bits per heavy atom. The fraction of sp³-hybridized carbons (Fsp3) is 0.900. The maximum atomic E-state index is 11.7. The molecule has 1 atom stereocenters. The molecule has 0 aromatic carbocycles. The molecular weight excluding hydrogens is 182 g/mol. The third-order valence-electron chi connectivity index (χ3n) is 3.53. The molecule has 3 aliphatic rings. The monoisotopic (exact) mass is 199 g/mol. The molecule has 3 rings (SSSR count). The van der Waals surface area contributed by atoms with Gasteiger partial charge < -0.3 is 15.2 Å². The van der Waals surface area contributed by atoms with Gasteiger partial charge in [0.15, 0.2) is 0 Å². The van der Waals surface area contributed by atoms with Gasteiger partial charge in [-0.3, -0.25) is 4.79 Å². The van der Waals surface area contributed by atoms with Gasteiger partial charge >= 0.3 is 5.97 Å². The van der Waals surface area contributed by atoms with Crippen LogP contribution < -0.4 is 5.73 Å². The molecule has 0 aromatic heterocycles. The van der Waals surface area contributed by atoms with Gasteiger partial charge in [-0.05, 0) is 26.7 Å². The fourth-order valence-corrected chi connectivity index (χ4v) is 2.73. The van der Waals surface area contributed by atoms with E-state index in [2.05, 4.69) is 0 Å². The van der Waals surface area contributed by atoms with Crippen molar-refractivity contribution >= 4 is 5.97 Å². The fourth-order valence-electron chi connectivity index (χ4n) is 2.73. The van der Waals surface area contributed by atoms with E-state index >= 15 is 0 Å². The summed E-state index contributed by atoms with van der Waals surface area (Å²) in [5.74, 6) is -0.117. The first-order chi connectivity index (χ1) is 6.58. The average molecular weight is 199 g/mol. The van der Waals surface area contributed by atoms with Crippen LogP contribution in [0.3, 0.4) is 0 Å². The van der Waals surface area contributed by atoms with Gasteiger partial charge in [-0.1, -0.05) is 0 Å². The predicted molar refractivity (Wildman–Crippen MR) is 50.6 cm³/mol. The Morgan fingerprint density at radius 2 is 2.29 bits per heavy atom. The van der Waals surface area contributed by atoms with Crippen LogP contribution >= 0.6 is 0 Å². The summed E-state index contributed by atoms with van der Waals surface area (Å²) in [5, 5.41) is 0. The SMILES string of the molecule is CCOC(=O)C12CC(CN)(C1)OC2C. The molecule has 80 valence electrons. The summed E-state index contributed by atoms with van der Waals surface area (Å²) in [6.45, 7) is 4.69. The molecule has 2 bridgehead atoms. The van der Waals surface area contributed by atoms with Gasteiger partial charge in [-0.25, -0.2) is 0 Å². The largest absolute Gasteiger partial charge is 0.465 e. The second kappa shape index (κ2) is 2.94. The Morgan fingerprint density at radius 3 is 2.71 bits per heavy atom. The molecule has 1 aliphatic carbocycles. The van der Waals surface area contributed by atoms with Gasteiger partial charge in [0.25, 0.3) is 0 Å². The number of rotatable bonds is 3. The highest BCUT2D eigenvalue weighted by molar-refractivity contribution is 5.80. The van der Waals surface area contributed by atoms with Crippen molar-refractivity contribution in [3.63, 3.8) is 0 Å². The highest BCUT2D eigenvalue weighted by Crippen LogP contribution is 2.61. The van der Waals surface area contributed by atoms with Crippen LogP contribution in [0.25, 0.3) is 0 Å². The van der Waals surface area contributed by atoms with E-state index in [0.717, 1.165) is 12.8 Å². The van der Waals surface area contributed by atoms with E-state index in [1.54, 1.807) is 0 Å². The van der Waals surface area contributed by atoms with Crippen molar-refractivity contribution in [3.05, 3.63) is 0 Å². The lowest BCUT2D eigenvalue weighted by Gasteiger charge is -2.42. The van der Waals surface area contributed by atoms with Gasteiger partial charge in [-0.15, -0.1) is 0 Å². The minimum atomic E-state index is -0.393. The maximum Gasteiger partial charge on any atom is 0.314 e. The third-order valence-corrected chi connectivity index (χ3v) is 3.53. The van der Waals surface area contributed by atoms with Gasteiger partial charge in [0.1, 0.15) is 0 Å². The Kier molecular flexibility index (Phi) is 2.08. The van der Waals surface area contributed by atoms with Crippen molar-refractivity contribution in [2.45, 2.75) is 38.4 Å². The molecule has 2 saturated heterocycles. The van der Waals surface area contributed by atoms with E-state index in [-0.39, 0.29) is 17.7 Å². The van der Waals surface area contributed by atoms with Gasteiger partial charge in [0.2, 0.25) is 0 Å². The lowest BCUT2D eigenvalue weighted by molar-refractivity contribution is -0.161. The molecule has 1 saturated carbocycles. The predicted octanol–water partition coefficient (Wildman–Crippen LogP) is 0.446. The van der Waals surface area contributed by atoms with Crippen molar-refractivity contribution < 1.29 is 14.3 Å². The zero-order valence-electron chi connectivity index (χ0n) is 8.71. The summed E-state index contributed by atoms with van der Waals surface area (Å²) in [6, 6.07) is 0. The zero-order valence-corrected chi connectivity index (χ0v) is 8.71. The normalized spacial score (nSPS) is 44.6. The minimum Gasteiger partial charge on any atom is -0.465 e. The van der Waals surface area contributed by atoms with Crippen LogP contribution in [0, 0.1) is 5.41 Å².